The summed E-state index contributed by atoms with van der Waals surface area (Å²) in [6.07, 6.45) is 2.61. The van der Waals surface area contributed by atoms with E-state index < -0.39 is 5.60 Å². The molecule has 0 aliphatic heterocycles. The van der Waals surface area contributed by atoms with Crippen molar-refractivity contribution in [3.05, 3.63) is 0 Å². The van der Waals surface area contributed by atoms with Gasteiger partial charge in [-0.25, -0.2) is 0 Å². The Hall–Kier alpha value is -0.0800. The maximum atomic E-state index is 9.74. The molecule has 1 rings (SSSR count). The summed E-state index contributed by atoms with van der Waals surface area (Å²) in [4.78, 5) is 0. The van der Waals surface area contributed by atoms with Gasteiger partial charge >= 0.3 is 0 Å². The fraction of sp³-hybridized carbons (Fsp3) is 1.00. The van der Waals surface area contributed by atoms with E-state index in [1.165, 1.54) is 0 Å². The predicted molar refractivity (Wildman–Crippen MR) is 48.8 cm³/mol. The normalized spacial score (nSPS) is 38.2. The molecule has 72 valence electrons. The minimum Gasteiger partial charge on any atom is -0.393 e. The van der Waals surface area contributed by atoms with Crippen LogP contribution in [-0.2, 0) is 0 Å². The highest BCUT2D eigenvalue weighted by molar-refractivity contribution is 4.87. The van der Waals surface area contributed by atoms with Gasteiger partial charge in [-0.15, -0.1) is 0 Å². The van der Waals surface area contributed by atoms with Gasteiger partial charge in [-0.2, -0.15) is 0 Å². The summed E-state index contributed by atoms with van der Waals surface area (Å²) in [5.41, 5.74) is -0.723. The third-order valence-corrected chi connectivity index (χ3v) is 2.99. The van der Waals surface area contributed by atoms with Crippen molar-refractivity contribution in [3.8, 4) is 0 Å². The molecular weight excluding hydrogens is 152 g/mol. The summed E-state index contributed by atoms with van der Waals surface area (Å²) in [6.45, 7) is 5.73. The summed E-state index contributed by atoms with van der Waals surface area (Å²) in [5, 5.41) is 19.5. The summed E-state index contributed by atoms with van der Waals surface area (Å²) in [7, 11) is 0. The predicted octanol–water partition coefficient (Wildman–Crippen LogP) is 1.55. The van der Waals surface area contributed by atoms with Gasteiger partial charge in [0.25, 0.3) is 0 Å². The van der Waals surface area contributed by atoms with Crippen LogP contribution in [0.3, 0.4) is 0 Å². The Kier molecular flexibility index (Phi) is 2.79. The minimum absolute atomic E-state index is 0.0636. The van der Waals surface area contributed by atoms with E-state index in [1.54, 1.807) is 13.8 Å². The second kappa shape index (κ2) is 3.35. The minimum atomic E-state index is -0.723. The van der Waals surface area contributed by atoms with Crippen LogP contribution in [-0.4, -0.2) is 21.9 Å². The van der Waals surface area contributed by atoms with Gasteiger partial charge in [0.2, 0.25) is 0 Å². The van der Waals surface area contributed by atoms with Crippen LogP contribution in [0.15, 0.2) is 0 Å². The SMILES string of the molecule is C[C@@H]1CCC(C(C)(C)O)[C@H](O)C1. The monoisotopic (exact) mass is 172 g/mol. The first-order valence-corrected chi connectivity index (χ1v) is 4.81. The Morgan fingerprint density at radius 1 is 1.25 bits per heavy atom. The van der Waals surface area contributed by atoms with Crippen LogP contribution in [0, 0.1) is 11.8 Å². The second-order valence-corrected chi connectivity index (χ2v) is 4.75. The summed E-state index contributed by atoms with van der Waals surface area (Å²) >= 11 is 0. The molecule has 3 atom stereocenters. The van der Waals surface area contributed by atoms with Crippen molar-refractivity contribution in [1.29, 1.82) is 0 Å². The molecule has 2 nitrogen and oxygen atoms in total. The highest BCUT2D eigenvalue weighted by Gasteiger charge is 2.36. The molecule has 0 saturated heterocycles. The van der Waals surface area contributed by atoms with Gasteiger partial charge in [0.1, 0.15) is 0 Å². The molecule has 0 radical (unpaired) electrons. The molecule has 1 fully saturated rings. The van der Waals surface area contributed by atoms with Crippen molar-refractivity contribution >= 4 is 0 Å². The van der Waals surface area contributed by atoms with E-state index in [0.29, 0.717) is 5.92 Å². The number of hydrogen-bond acceptors (Lipinski definition) is 2. The molecule has 0 aromatic heterocycles. The van der Waals surface area contributed by atoms with Crippen LogP contribution in [0.5, 0.6) is 0 Å². The first-order valence-electron chi connectivity index (χ1n) is 4.81. The highest BCUT2D eigenvalue weighted by atomic mass is 16.3. The third kappa shape index (κ3) is 2.20. The standard InChI is InChI=1S/C10H20O2/c1-7-4-5-8(9(11)6-7)10(2,3)12/h7-9,11-12H,4-6H2,1-3H3/t7-,8?,9-/m1/s1. The van der Waals surface area contributed by atoms with Gasteiger partial charge in [-0.1, -0.05) is 13.3 Å². The Balaban J connectivity index is 2.57. The number of rotatable bonds is 1. The number of aliphatic hydroxyl groups is 2. The van der Waals surface area contributed by atoms with Gasteiger partial charge in [0.05, 0.1) is 11.7 Å². The molecular formula is C10H20O2. The van der Waals surface area contributed by atoms with E-state index in [1.807, 2.05) is 0 Å². The number of aliphatic hydroxyl groups excluding tert-OH is 1. The van der Waals surface area contributed by atoms with Crippen molar-refractivity contribution in [2.45, 2.75) is 51.7 Å². The Morgan fingerprint density at radius 2 is 1.83 bits per heavy atom. The Bertz CT molecular complexity index is 148. The molecule has 0 bridgehead atoms. The van der Waals surface area contributed by atoms with Crippen LogP contribution < -0.4 is 0 Å². The zero-order valence-electron chi connectivity index (χ0n) is 8.25. The van der Waals surface area contributed by atoms with Crippen molar-refractivity contribution < 1.29 is 10.2 Å². The first kappa shape index (κ1) is 10.0. The molecule has 12 heavy (non-hydrogen) atoms. The topological polar surface area (TPSA) is 40.5 Å². The van der Waals surface area contributed by atoms with Crippen LogP contribution in [0.2, 0.25) is 0 Å². The van der Waals surface area contributed by atoms with Gasteiger partial charge < -0.3 is 10.2 Å². The van der Waals surface area contributed by atoms with Crippen molar-refractivity contribution in [2.24, 2.45) is 11.8 Å². The van der Waals surface area contributed by atoms with Crippen molar-refractivity contribution in [3.63, 3.8) is 0 Å². The van der Waals surface area contributed by atoms with Crippen molar-refractivity contribution in [1.82, 2.24) is 0 Å². The largest absolute Gasteiger partial charge is 0.393 e. The van der Waals surface area contributed by atoms with Gasteiger partial charge in [0.15, 0.2) is 0 Å². The summed E-state index contributed by atoms with van der Waals surface area (Å²) < 4.78 is 0. The van der Waals surface area contributed by atoms with Gasteiger partial charge in [-0.3, -0.25) is 0 Å². The lowest BCUT2D eigenvalue weighted by molar-refractivity contribution is -0.0730. The van der Waals surface area contributed by atoms with Crippen LogP contribution in [0.25, 0.3) is 0 Å². The lowest BCUT2D eigenvalue weighted by Crippen LogP contribution is -2.42. The molecule has 1 aliphatic carbocycles. The van der Waals surface area contributed by atoms with Crippen LogP contribution >= 0.6 is 0 Å². The smallest absolute Gasteiger partial charge is 0.0644 e. The molecule has 0 aromatic carbocycles. The van der Waals surface area contributed by atoms with E-state index in [9.17, 15) is 10.2 Å². The van der Waals surface area contributed by atoms with Crippen LogP contribution in [0.1, 0.15) is 40.0 Å². The molecule has 0 spiro atoms. The molecule has 0 aromatic rings. The fourth-order valence-electron chi connectivity index (χ4n) is 2.17. The first-order chi connectivity index (χ1) is 5.41. The van der Waals surface area contributed by atoms with Crippen LogP contribution in [0.4, 0.5) is 0 Å². The average molecular weight is 172 g/mol. The zero-order chi connectivity index (χ0) is 9.35. The molecule has 2 heteroatoms. The second-order valence-electron chi connectivity index (χ2n) is 4.75. The quantitative estimate of drug-likeness (QED) is 0.630. The Morgan fingerprint density at radius 3 is 2.25 bits per heavy atom. The molecule has 1 saturated carbocycles. The average Bonchev–Trinajstić information content (AvgIpc) is 1.83. The lowest BCUT2D eigenvalue weighted by Gasteiger charge is -2.38. The molecule has 0 heterocycles. The highest BCUT2D eigenvalue weighted by Crippen LogP contribution is 2.35. The molecule has 2 N–H and O–H groups in total. The van der Waals surface area contributed by atoms with E-state index in [0.717, 1.165) is 19.3 Å². The van der Waals surface area contributed by atoms with E-state index in [4.69, 9.17) is 0 Å². The molecule has 1 aliphatic rings. The Labute approximate surface area is 74.6 Å². The summed E-state index contributed by atoms with van der Waals surface area (Å²) in [6, 6.07) is 0. The lowest BCUT2D eigenvalue weighted by atomic mass is 9.73. The van der Waals surface area contributed by atoms with Gasteiger partial charge in [0, 0.05) is 5.92 Å². The van der Waals surface area contributed by atoms with E-state index >= 15 is 0 Å². The van der Waals surface area contributed by atoms with E-state index in [2.05, 4.69) is 6.92 Å². The van der Waals surface area contributed by atoms with Crippen molar-refractivity contribution in [2.75, 3.05) is 0 Å². The molecule has 0 amide bonds. The number of hydrogen-bond donors (Lipinski definition) is 2. The summed E-state index contributed by atoms with van der Waals surface area (Å²) in [5.74, 6) is 0.673. The maximum absolute atomic E-state index is 9.74. The fourth-order valence-corrected chi connectivity index (χ4v) is 2.17. The zero-order valence-corrected chi connectivity index (χ0v) is 8.25. The van der Waals surface area contributed by atoms with Gasteiger partial charge in [-0.05, 0) is 32.6 Å². The van der Waals surface area contributed by atoms with E-state index in [-0.39, 0.29) is 12.0 Å². The molecule has 1 unspecified atom stereocenters. The maximum Gasteiger partial charge on any atom is 0.0644 e. The third-order valence-electron chi connectivity index (χ3n) is 2.99.